The van der Waals surface area contributed by atoms with Crippen LogP contribution in [0.1, 0.15) is 38.6 Å². The number of hydrogen-bond donors (Lipinski definition) is 1. The van der Waals surface area contributed by atoms with Crippen LogP contribution in [0.3, 0.4) is 0 Å². The molecule has 0 bridgehead atoms. The number of thioether (sulfide) groups is 1. The smallest absolute Gasteiger partial charge is 0.230 e. The van der Waals surface area contributed by atoms with Crippen molar-refractivity contribution in [2.45, 2.75) is 43.8 Å². The summed E-state index contributed by atoms with van der Waals surface area (Å²) in [5.41, 5.74) is 0.959. The van der Waals surface area contributed by atoms with E-state index in [1.54, 1.807) is 12.3 Å². The van der Waals surface area contributed by atoms with Crippen LogP contribution in [-0.2, 0) is 4.79 Å². The van der Waals surface area contributed by atoms with Crippen molar-refractivity contribution in [2.24, 2.45) is 5.92 Å². The van der Waals surface area contributed by atoms with Gasteiger partial charge in [-0.1, -0.05) is 37.6 Å². The average molecular weight is 372 g/mol. The molecule has 1 amide bonds. The Morgan fingerprint density at radius 2 is 2.27 bits per heavy atom. The molecule has 2 aromatic heterocycles. The minimum absolute atomic E-state index is 0.0240. The highest BCUT2D eigenvalue weighted by atomic mass is 32.2. The van der Waals surface area contributed by atoms with Crippen molar-refractivity contribution in [3.63, 3.8) is 0 Å². The molecule has 138 valence electrons. The molecular weight excluding hydrogens is 346 g/mol. The summed E-state index contributed by atoms with van der Waals surface area (Å²) in [7, 11) is 0. The van der Waals surface area contributed by atoms with Gasteiger partial charge in [-0.2, -0.15) is 0 Å². The molecule has 0 saturated heterocycles. The second-order valence-electron chi connectivity index (χ2n) is 6.63. The lowest BCUT2D eigenvalue weighted by Crippen LogP contribution is -2.26. The van der Waals surface area contributed by atoms with Gasteiger partial charge in [0.1, 0.15) is 0 Å². The van der Waals surface area contributed by atoms with E-state index in [4.69, 9.17) is 0 Å². The van der Waals surface area contributed by atoms with Crippen molar-refractivity contribution in [1.29, 1.82) is 0 Å². The predicted molar refractivity (Wildman–Crippen MR) is 104 cm³/mol. The molecule has 2 heterocycles. The third kappa shape index (κ3) is 4.33. The molecule has 1 fully saturated rings. The minimum atomic E-state index is -0.0240. The van der Waals surface area contributed by atoms with Crippen LogP contribution in [0.2, 0.25) is 0 Å². The molecule has 0 aromatic carbocycles. The number of pyridine rings is 1. The molecule has 0 radical (unpaired) electrons. The van der Waals surface area contributed by atoms with Crippen LogP contribution < -0.4 is 5.32 Å². The molecule has 0 spiro atoms. The summed E-state index contributed by atoms with van der Waals surface area (Å²) in [6.45, 7) is 6.39. The molecule has 1 aliphatic carbocycles. The standard InChI is InChI=1S/C19H25N5OS/c1-3-10-21-17(25)13-26-19-23-22-18(15-8-6-11-20-12-15)24(19)16-9-5-4-7-14(16)2/h3,6,8,11-12,14,16H,1,4-5,7,9-10,13H2,2H3,(H,21,25)/t14-,16-/m0/s1. The van der Waals surface area contributed by atoms with Gasteiger partial charge in [-0.25, -0.2) is 0 Å². The molecule has 1 saturated carbocycles. The normalized spacial score (nSPS) is 19.9. The van der Waals surface area contributed by atoms with Crippen LogP contribution in [0.4, 0.5) is 0 Å². The molecule has 7 heteroatoms. The number of aromatic nitrogens is 4. The topological polar surface area (TPSA) is 72.7 Å². The maximum Gasteiger partial charge on any atom is 0.230 e. The third-order valence-corrected chi connectivity index (χ3v) is 5.70. The van der Waals surface area contributed by atoms with Gasteiger partial charge in [0.05, 0.1) is 5.75 Å². The second-order valence-corrected chi connectivity index (χ2v) is 7.57. The number of carbonyl (C=O) groups is 1. The zero-order chi connectivity index (χ0) is 18.4. The van der Waals surface area contributed by atoms with E-state index in [1.165, 1.54) is 31.0 Å². The quantitative estimate of drug-likeness (QED) is 0.596. The number of hydrogen-bond acceptors (Lipinski definition) is 5. The molecule has 0 unspecified atom stereocenters. The first-order valence-corrected chi connectivity index (χ1v) is 10.0. The largest absolute Gasteiger partial charge is 0.352 e. The van der Waals surface area contributed by atoms with Gasteiger partial charge in [0.2, 0.25) is 5.91 Å². The van der Waals surface area contributed by atoms with Gasteiger partial charge < -0.3 is 5.32 Å². The van der Waals surface area contributed by atoms with E-state index < -0.39 is 0 Å². The van der Waals surface area contributed by atoms with Crippen molar-refractivity contribution in [3.8, 4) is 11.4 Å². The summed E-state index contributed by atoms with van der Waals surface area (Å²) in [6.07, 6.45) is 10.1. The van der Waals surface area contributed by atoms with Crippen molar-refractivity contribution >= 4 is 17.7 Å². The van der Waals surface area contributed by atoms with Crippen molar-refractivity contribution in [1.82, 2.24) is 25.1 Å². The van der Waals surface area contributed by atoms with Crippen LogP contribution in [0.5, 0.6) is 0 Å². The molecule has 2 aromatic rings. The Hall–Kier alpha value is -2.15. The second kappa shape index (κ2) is 8.98. The van der Waals surface area contributed by atoms with E-state index in [-0.39, 0.29) is 5.91 Å². The monoisotopic (exact) mass is 371 g/mol. The van der Waals surface area contributed by atoms with Gasteiger partial charge >= 0.3 is 0 Å². The van der Waals surface area contributed by atoms with Crippen molar-refractivity contribution in [2.75, 3.05) is 12.3 Å². The van der Waals surface area contributed by atoms with Crippen LogP contribution in [0.15, 0.2) is 42.3 Å². The van der Waals surface area contributed by atoms with Gasteiger partial charge in [-0.3, -0.25) is 14.3 Å². The summed E-state index contributed by atoms with van der Waals surface area (Å²) in [5, 5.41) is 12.4. The van der Waals surface area contributed by atoms with Crippen molar-refractivity contribution < 1.29 is 4.79 Å². The van der Waals surface area contributed by atoms with Gasteiger partial charge in [-0.05, 0) is 30.9 Å². The highest BCUT2D eigenvalue weighted by Gasteiger charge is 2.28. The van der Waals surface area contributed by atoms with Gasteiger partial charge in [0, 0.05) is 30.5 Å². The first-order chi connectivity index (χ1) is 12.7. The number of carbonyl (C=O) groups excluding carboxylic acids is 1. The van der Waals surface area contributed by atoms with Gasteiger partial charge in [0.15, 0.2) is 11.0 Å². The number of amides is 1. The first-order valence-electron chi connectivity index (χ1n) is 9.06. The summed E-state index contributed by atoms with van der Waals surface area (Å²) in [6, 6.07) is 4.27. The Labute approximate surface area is 158 Å². The number of rotatable bonds is 7. The van der Waals surface area contributed by atoms with Crippen LogP contribution in [-0.4, -0.2) is 38.0 Å². The lowest BCUT2D eigenvalue weighted by molar-refractivity contribution is -0.118. The zero-order valence-electron chi connectivity index (χ0n) is 15.1. The van der Waals surface area contributed by atoms with Crippen LogP contribution >= 0.6 is 11.8 Å². The van der Waals surface area contributed by atoms with E-state index in [1.807, 2.05) is 18.3 Å². The van der Waals surface area contributed by atoms with Crippen LogP contribution in [0.25, 0.3) is 11.4 Å². The third-order valence-electron chi connectivity index (χ3n) is 4.76. The summed E-state index contributed by atoms with van der Waals surface area (Å²) < 4.78 is 2.23. The van der Waals surface area contributed by atoms with Gasteiger partial charge in [0.25, 0.3) is 0 Å². The molecule has 2 atom stereocenters. The van der Waals surface area contributed by atoms with E-state index in [9.17, 15) is 4.79 Å². The van der Waals surface area contributed by atoms with Crippen molar-refractivity contribution in [3.05, 3.63) is 37.2 Å². The molecule has 0 aliphatic heterocycles. The Balaban J connectivity index is 1.87. The molecule has 1 aliphatic rings. The maximum atomic E-state index is 12.0. The SMILES string of the molecule is C=CCNC(=O)CSc1nnc(-c2cccnc2)n1[C@H]1CCCC[C@@H]1C. The highest BCUT2D eigenvalue weighted by molar-refractivity contribution is 7.99. The number of nitrogens with one attached hydrogen (secondary N) is 1. The average Bonchev–Trinajstić information content (AvgIpc) is 3.09. The van der Waals surface area contributed by atoms with E-state index >= 15 is 0 Å². The van der Waals surface area contributed by atoms with Crippen LogP contribution in [0, 0.1) is 5.92 Å². The van der Waals surface area contributed by atoms with E-state index in [2.05, 4.69) is 38.6 Å². The lowest BCUT2D eigenvalue weighted by Gasteiger charge is -2.31. The Bertz CT molecular complexity index is 746. The minimum Gasteiger partial charge on any atom is -0.352 e. The molecule has 6 nitrogen and oxygen atoms in total. The zero-order valence-corrected chi connectivity index (χ0v) is 15.9. The lowest BCUT2D eigenvalue weighted by atomic mass is 9.85. The van der Waals surface area contributed by atoms with E-state index in [0.29, 0.717) is 24.3 Å². The fourth-order valence-electron chi connectivity index (χ4n) is 3.41. The van der Waals surface area contributed by atoms with Gasteiger partial charge in [-0.15, -0.1) is 16.8 Å². The Morgan fingerprint density at radius 3 is 3.00 bits per heavy atom. The fraction of sp³-hybridized carbons (Fsp3) is 0.474. The Kier molecular flexibility index (Phi) is 6.44. The molecule has 26 heavy (non-hydrogen) atoms. The first kappa shape index (κ1) is 18.6. The molecular formula is C19H25N5OS. The summed E-state index contributed by atoms with van der Waals surface area (Å²) >= 11 is 1.44. The number of nitrogens with zero attached hydrogens (tertiary/aromatic N) is 4. The summed E-state index contributed by atoms with van der Waals surface area (Å²) in [5.74, 6) is 1.69. The molecule has 3 rings (SSSR count). The fourth-order valence-corrected chi connectivity index (χ4v) is 4.24. The predicted octanol–water partition coefficient (Wildman–Crippen LogP) is 3.49. The maximum absolute atomic E-state index is 12.0. The Morgan fingerprint density at radius 1 is 1.42 bits per heavy atom. The summed E-state index contributed by atoms with van der Waals surface area (Å²) in [4.78, 5) is 16.2. The molecule has 1 N–H and O–H groups in total. The van der Waals surface area contributed by atoms with E-state index in [0.717, 1.165) is 23.0 Å². The highest BCUT2D eigenvalue weighted by Crippen LogP contribution is 2.38.